The van der Waals surface area contributed by atoms with Gasteiger partial charge in [-0.1, -0.05) is 13.0 Å². The van der Waals surface area contributed by atoms with Crippen LogP contribution in [0.1, 0.15) is 34.5 Å². The number of rotatable bonds is 6. The third kappa shape index (κ3) is 5.04. The molecular weight excluding hydrogens is 377 g/mol. The summed E-state index contributed by atoms with van der Waals surface area (Å²) in [7, 11) is 0. The molecule has 30 heavy (non-hydrogen) atoms. The van der Waals surface area contributed by atoms with Crippen molar-refractivity contribution in [1.29, 1.82) is 0 Å². The standard InChI is InChI=1S/C24H34FN5.H2/c1-3-19(2)28-12-14-29(15-13-28)23-9-10-26-24(17-23)27-21-7-5-11-30(18-21)22-8-4-6-20(25)16-22;/h4,6,8-10,16-17,19,21H,3,5,7,11-15,18H2,1-2H3,(H,26,27);1H/t19?,21-;/m1./s1. The summed E-state index contributed by atoms with van der Waals surface area (Å²) in [6.07, 6.45) is 5.31. The predicted octanol–water partition coefficient (Wildman–Crippen LogP) is 4.47. The summed E-state index contributed by atoms with van der Waals surface area (Å²) in [5.41, 5.74) is 2.21. The van der Waals surface area contributed by atoms with E-state index in [1.807, 2.05) is 12.3 Å². The molecule has 2 saturated heterocycles. The van der Waals surface area contributed by atoms with Crippen molar-refractivity contribution in [2.75, 3.05) is 54.4 Å². The Morgan fingerprint density at radius 3 is 2.67 bits per heavy atom. The van der Waals surface area contributed by atoms with Crippen molar-refractivity contribution in [2.45, 2.75) is 45.2 Å². The third-order valence-electron chi connectivity index (χ3n) is 6.58. The van der Waals surface area contributed by atoms with E-state index in [2.05, 4.69) is 51.0 Å². The molecule has 1 N–H and O–H groups in total. The molecule has 0 amide bonds. The first kappa shape index (κ1) is 20.9. The van der Waals surface area contributed by atoms with E-state index in [1.54, 1.807) is 12.1 Å². The van der Waals surface area contributed by atoms with Gasteiger partial charge in [0.25, 0.3) is 0 Å². The molecule has 0 spiro atoms. The Hall–Kier alpha value is -2.34. The van der Waals surface area contributed by atoms with E-state index < -0.39 is 0 Å². The van der Waals surface area contributed by atoms with E-state index in [9.17, 15) is 4.39 Å². The van der Waals surface area contributed by atoms with Gasteiger partial charge >= 0.3 is 0 Å². The molecule has 2 aliphatic heterocycles. The molecule has 3 heterocycles. The number of halogens is 1. The van der Waals surface area contributed by atoms with Gasteiger partial charge in [0.2, 0.25) is 0 Å². The van der Waals surface area contributed by atoms with Gasteiger partial charge in [0.1, 0.15) is 11.6 Å². The van der Waals surface area contributed by atoms with E-state index in [0.29, 0.717) is 12.1 Å². The molecule has 0 bridgehead atoms. The van der Waals surface area contributed by atoms with Gasteiger partial charge in [0, 0.05) is 76.4 Å². The van der Waals surface area contributed by atoms with Gasteiger partial charge < -0.3 is 15.1 Å². The molecule has 2 aromatic rings. The van der Waals surface area contributed by atoms with Crippen molar-refractivity contribution in [1.82, 2.24) is 9.88 Å². The zero-order valence-electron chi connectivity index (χ0n) is 18.2. The normalized spacial score (nSPS) is 21.5. The quantitative estimate of drug-likeness (QED) is 0.756. The van der Waals surface area contributed by atoms with Crippen LogP contribution in [0.4, 0.5) is 21.6 Å². The second-order valence-corrected chi connectivity index (χ2v) is 8.59. The summed E-state index contributed by atoms with van der Waals surface area (Å²) in [5, 5.41) is 3.63. The van der Waals surface area contributed by atoms with Gasteiger partial charge in [-0.2, -0.15) is 0 Å². The molecule has 6 heteroatoms. The Morgan fingerprint density at radius 1 is 1.10 bits per heavy atom. The maximum atomic E-state index is 13.6. The maximum Gasteiger partial charge on any atom is 0.128 e. The summed E-state index contributed by atoms with van der Waals surface area (Å²) in [6.45, 7) is 10.8. The number of benzene rings is 1. The van der Waals surface area contributed by atoms with Gasteiger partial charge in [0.15, 0.2) is 0 Å². The zero-order valence-corrected chi connectivity index (χ0v) is 18.2. The highest BCUT2D eigenvalue weighted by atomic mass is 19.1. The van der Waals surface area contributed by atoms with Crippen molar-refractivity contribution < 1.29 is 5.82 Å². The van der Waals surface area contributed by atoms with Crippen LogP contribution in [0, 0.1) is 5.82 Å². The number of piperazine rings is 1. The first-order valence-corrected chi connectivity index (χ1v) is 11.3. The molecule has 0 aliphatic carbocycles. The number of piperidine rings is 1. The van der Waals surface area contributed by atoms with E-state index in [1.165, 1.54) is 18.2 Å². The maximum absolute atomic E-state index is 13.6. The second kappa shape index (κ2) is 9.65. The molecule has 164 valence electrons. The molecule has 2 atom stereocenters. The third-order valence-corrected chi connectivity index (χ3v) is 6.58. The van der Waals surface area contributed by atoms with Crippen LogP contribution in [0.2, 0.25) is 0 Å². The predicted molar refractivity (Wildman–Crippen MR) is 125 cm³/mol. The van der Waals surface area contributed by atoms with Crippen LogP contribution in [-0.4, -0.2) is 61.2 Å². The Balaban J connectivity index is 0.00000272. The fraction of sp³-hybridized carbons (Fsp3) is 0.542. The van der Waals surface area contributed by atoms with Gasteiger partial charge in [-0.3, -0.25) is 4.90 Å². The molecule has 2 fully saturated rings. The van der Waals surface area contributed by atoms with Crippen LogP contribution in [-0.2, 0) is 0 Å². The number of hydrogen-bond donors (Lipinski definition) is 1. The van der Waals surface area contributed by atoms with Crippen LogP contribution in [0.15, 0.2) is 42.6 Å². The Labute approximate surface area is 181 Å². The van der Waals surface area contributed by atoms with Crippen LogP contribution < -0.4 is 15.1 Å². The highest BCUT2D eigenvalue weighted by Crippen LogP contribution is 2.24. The average Bonchev–Trinajstić information content (AvgIpc) is 2.79. The lowest BCUT2D eigenvalue weighted by Gasteiger charge is -2.39. The highest BCUT2D eigenvalue weighted by Gasteiger charge is 2.22. The number of aromatic nitrogens is 1. The van der Waals surface area contributed by atoms with E-state index in [0.717, 1.165) is 63.6 Å². The van der Waals surface area contributed by atoms with Crippen molar-refractivity contribution in [3.05, 3.63) is 48.4 Å². The Morgan fingerprint density at radius 2 is 1.90 bits per heavy atom. The van der Waals surface area contributed by atoms with Gasteiger partial charge in [-0.25, -0.2) is 9.37 Å². The van der Waals surface area contributed by atoms with Crippen LogP contribution in [0.25, 0.3) is 0 Å². The van der Waals surface area contributed by atoms with Crippen molar-refractivity contribution in [3.8, 4) is 0 Å². The lowest BCUT2D eigenvalue weighted by Crippen LogP contribution is -2.49. The van der Waals surface area contributed by atoms with E-state index in [-0.39, 0.29) is 7.24 Å². The Kier molecular flexibility index (Phi) is 6.72. The zero-order chi connectivity index (χ0) is 20.9. The highest BCUT2D eigenvalue weighted by molar-refractivity contribution is 5.55. The average molecular weight is 414 g/mol. The fourth-order valence-corrected chi connectivity index (χ4v) is 4.59. The molecule has 1 aromatic carbocycles. The lowest BCUT2D eigenvalue weighted by molar-refractivity contribution is 0.193. The van der Waals surface area contributed by atoms with Gasteiger partial charge in [0.05, 0.1) is 0 Å². The number of nitrogens with one attached hydrogen (secondary N) is 1. The molecule has 5 nitrogen and oxygen atoms in total. The Bertz CT molecular complexity index is 827. The molecule has 0 radical (unpaired) electrons. The molecular formula is C24H36FN5. The minimum atomic E-state index is -0.176. The second-order valence-electron chi connectivity index (χ2n) is 8.59. The van der Waals surface area contributed by atoms with Crippen LogP contribution in [0.5, 0.6) is 0 Å². The summed E-state index contributed by atoms with van der Waals surface area (Å²) in [6, 6.07) is 12.2. The molecule has 1 unspecified atom stereocenters. The molecule has 4 rings (SSSR count). The number of hydrogen-bond acceptors (Lipinski definition) is 5. The molecule has 2 aliphatic rings. The molecule has 0 saturated carbocycles. The number of nitrogens with zero attached hydrogens (tertiary/aromatic N) is 4. The molecule has 1 aromatic heterocycles. The topological polar surface area (TPSA) is 34.6 Å². The summed E-state index contributed by atoms with van der Waals surface area (Å²) < 4.78 is 13.6. The number of pyridine rings is 1. The van der Waals surface area contributed by atoms with Crippen LogP contribution >= 0.6 is 0 Å². The minimum Gasteiger partial charge on any atom is -0.369 e. The smallest absolute Gasteiger partial charge is 0.128 e. The first-order chi connectivity index (χ1) is 14.6. The van der Waals surface area contributed by atoms with Crippen LogP contribution in [0.3, 0.4) is 0 Å². The van der Waals surface area contributed by atoms with Crippen molar-refractivity contribution in [2.24, 2.45) is 0 Å². The number of anilines is 3. The van der Waals surface area contributed by atoms with Crippen molar-refractivity contribution in [3.63, 3.8) is 0 Å². The van der Waals surface area contributed by atoms with E-state index >= 15 is 0 Å². The summed E-state index contributed by atoms with van der Waals surface area (Å²) in [4.78, 5) is 11.9. The SMILES string of the molecule is CCC(C)N1CCN(c2ccnc(N[C@@H]3CCCN(c4cccc(F)c4)C3)c2)CC1.[HH]. The van der Waals surface area contributed by atoms with Gasteiger partial charge in [-0.05, 0) is 50.5 Å². The monoisotopic (exact) mass is 413 g/mol. The first-order valence-electron chi connectivity index (χ1n) is 11.3. The summed E-state index contributed by atoms with van der Waals surface area (Å²) in [5.74, 6) is 0.758. The van der Waals surface area contributed by atoms with Gasteiger partial charge in [-0.15, -0.1) is 0 Å². The van der Waals surface area contributed by atoms with E-state index in [4.69, 9.17) is 0 Å². The summed E-state index contributed by atoms with van der Waals surface area (Å²) >= 11 is 0. The largest absolute Gasteiger partial charge is 0.369 e. The minimum absolute atomic E-state index is 0. The fourth-order valence-electron chi connectivity index (χ4n) is 4.59. The lowest BCUT2D eigenvalue weighted by atomic mass is 10.0. The van der Waals surface area contributed by atoms with Crippen molar-refractivity contribution >= 4 is 17.2 Å².